The van der Waals surface area contributed by atoms with Crippen LogP contribution in [-0.4, -0.2) is 23.0 Å². The maximum atomic E-state index is 10.8. The molecule has 1 aromatic carbocycles. The van der Waals surface area contributed by atoms with Crippen LogP contribution in [0, 0.1) is 0 Å². The Balaban J connectivity index is 2.34. The van der Waals surface area contributed by atoms with Crippen LogP contribution >= 0.6 is 0 Å². The third-order valence-corrected chi connectivity index (χ3v) is 2.44. The Kier molecular flexibility index (Phi) is 1.42. The SMILES string of the molecule is O=C(O)C1=Nc2ccc3c(c2=C1)=CC=N3. The maximum Gasteiger partial charge on any atom is 0.354 e. The van der Waals surface area contributed by atoms with Crippen LogP contribution in [-0.2, 0) is 4.79 Å². The van der Waals surface area contributed by atoms with Crippen molar-refractivity contribution >= 4 is 41.4 Å². The molecule has 0 fully saturated rings. The van der Waals surface area contributed by atoms with Crippen molar-refractivity contribution < 1.29 is 9.90 Å². The molecule has 1 N–H and O–H groups in total. The quantitative estimate of drug-likeness (QED) is 0.697. The van der Waals surface area contributed by atoms with E-state index in [4.69, 9.17) is 5.11 Å². The second-order valence-corrected chi connectivity index (χ2v) is 3.32. The molecule has 0 spiro atoms. The zero-order valence-electron chi connectivity index (χ0n) is 7.64. The van der Waals surface area contributed by atoms with E-state index in [0.29, 0.717) is 5.69 Å². The first-order chi connectivity index (χ1) is 7.25. The van der Waals surface area contributed by atoms with Crippen LogP contribution in [0.15, 0.2) is 22.1 Å². The largest absolute Gasteiger partial charge is 0.477 e. The van der Waals surface area contributed by atoms with E-state index in [1.54, 1.807) is 18.4 Å². The first-order valence-corrected chi connectivity index (χ1v) is 4.47. The molecule has 0 atom stereocenters. The lowest BCUT2D eigenvalue weighted by Crippen LogP contribution is -2.23. The first kappa shape index (κ1) is 8.11. The number of benzene rings is 1. The van der Waals surface area contributed by atoms with Gasteiger partial charge in [-0.2, -0.15) is 0 Å². The highest BCUT2D eigenvalue weighted by Crippen LogP contribution is 2.15. The molecule has 0 unspecified atom stereocenters. The lowest BCUT2D eigenvalue weighted by Gasteiger charge is -1.93. The maximum absolute atomic E-state index is 10.8. The Bertz CT molecular complexity index is 654. The average molecular weight is 198 g/mol. The lowest BCUT2D eigenvalue weighted by atomic mass is 10.2. The number of rotatable bonds is 1. The molecule has 72 valence electrons. The molecule has 0 saturated carbocycles. The molecule has 2 aliphatic heterocycles. The van der Waals surface area contributed by atoms with Crippen molar-refractivity contribution in [2.24, 2.45) is 9.98 Å². The van der Waals surface area contributed by atoms with E-state index in [1.165, 1.54) is 0 Å². The number of carbonyl (C=O) groups is 1. The molecule has 0 aliphatic carbocycles. The van der Waals surface area contributed by atoms with E-state index >= 15 is 0 Å². The highest BCUT2D eigenvalue weighted by Gasteiger charge is 2.15. The fourth-order valence-corrected chi connectivity index (χ4v) is 1.75. The van der Waals surface area contributed by atoms with Gasteiger partial charge in [0.2, 0.25) is 0 Å². The Morgan fingerprint density at radius 3 is 2.80 bits per heavy atom. The molecule has 2 aliphatic rings. The van der Waals surface area contributed by atoms with Gasteiger partial charge in [0.05, 0.1) is 11.4 Å². The second kappa shape index (κ2) is 2.63. The number of aliphatic imine (C=N–C) groups is 2. The molecular formula is C11H6N2O2. The highest BCUT2D eigenvalue weighted by atomic mass is 16.4. The number of hydrogen-bond acceptors (Lipinski definition) is 3. The Morgan fingerprint density at radius 1 is 1.20 bits per heavy atom. The van der Waals surface area contributed by atoms with E-state index in [2.05, 4.69) is 9.98 Å². The summed E-state index contributed by atoms with van der Waals surface area (Å²) in [5.41, 5.74) is 1.65. The Labute approximate surface area is 84.6 Å². The van der Waals surface area contributed by atoms with Crippen molar-refractivity contribution in [3.05, 3.63) is 22.6 Å². The van der Waals surface area contributed by atoms with Crippen LogP contribution in [0.1, 0.15) is 0 Å². The molecule has 4 nitrogen and oxygen atoms in total. The Morgan fingerprint density at radius 2 is 2.00 bits per heavy atom. The molecule has 0 saturated heterocycles. The summed E-state index contributed by atoms with van der Waals surface area (Å²) < 4.78 is 0. The number of aliphatic carboxylic acids is 1. The molecular weight excluding hydrogens is 192 g/mol. The number of hydrogen-bond donors (Lipinski definition) is 1. The number of carboxylic acids is 1. The predicted octanol–water partition coefficient (Wildman–Crippen LogP) is 0.134. The molecule has 0 amide bonds. The average Bonchev–Trinajstić information content (AvgIpc) is 2.82. The standard InChI is InChI=1S/C11H6N2O2/c14-11(15)10-5-7-6-3-4-12-8(6)1-2-9(7)13-10/h1-5H,(H,14,15). The Hall–Kier alpha value is -2.23. The summed E-state index contributed by atoms with van der Waals surface area (Å²) in [6, 6.07) is 3.63. The van der Waals surface area contributed by atoms with Gasteiger partial charge < -0.3 is 5.11 Å². The number of carboxylic acid groups (broad SMARTS) is 1. The summed E-state index contributed by atoms with van der Waals surface area (Å²) in [6.45, 7) is 0. The van der Waals surface area contributed by atoms with Gasteiger partial charge in [-0.25, -0.2) is 9.79 Å². The van der Waals surface area contributed by atoms with Gasteiger partial charge >= 0.3 is 5.97 Å². The smallest absolute Gasteiger partial charge is 0.354 e. The molecule has 3 rings (SSSR count). The van der Waals surface area contributed by atoms with Crippen molar-refractivity contribution in [1.29, 1.82) is 0 Å². The molecule has 2 heterocycles. The van der Waals surface area contributed by atoms with Gasteiger partial charge in [-0.05, 0) is 24.3 Å². The van der Waals surface area contributed by atoms with E-state index in [0.717, 1.165) is 16.1 Å². The molecule has 0 radical (unpaired) electrons. The van der Waals surface area contributed by atoms with E-state index in [1.807, 2.05) is 12.1 Å². The minimum atomic E-state index is -1.00. The minimum absolute atomic E-state index is 0.0821. The summed E-state index contributed by atoms with van der Waals surface area (Å²) in [6.07, 6.45) is 5.16. The van der Waals surface area contributed by atoms with Gasteiger partial charge in [-0.15, -0.1) is 0 Å². The minimum Gasteiger partial charge on any atom is -0.477 e. The monoisotopic (exact) mass is 198 g/mol. The van der Waals surface area contributed by atoms with E-state index < -0.39 is 5.97 Å². The molecule has 0 aromatic heterocycles. The van der Waals surface area contributed by atoms with Gasteiger partial charge in [0.15, 0.2) is 0 Å². The van der Waals surface area contributed by atoms with Crippen molar-refractivity contribution in [3.63, 3.8) is 0 Å². The van der Waals surface area contributed by atoms with Gasteiger partial charge in [0, 0.05) is 16.7 Å². The first-order valence-electron chi connectivity index (χ1n) is 4.47. The summed E-state index contributed by atoms with van der Waals surface area (Å²) in [5.74, 6) is -1.00. The summed E-state index contributed by atoms with van der Waals surface area (Å²) in [7, 11) is 0. The molecule has 0 bridgehead atoms. The molecule has 4 heteroatoms. The van der Waals surface area contributed by atoms with Crippen LogP contribution in [0.25, 0.3) is 12.2 Å². The zero-order valence-corrected chi connectivity index (χ0v) is 7.64. The van der Waals surface area contributed by atoms with Crippen molar-refractivity contribution in [2.45, 2.75) is 0 Å². The van der Waals surface area contributed by atoms with Gasteiger partial charge in [-0.3, -0.25) is 4.99 Å². The summed E-state index contributed by atoms with van der Waals surface area (Å²) in [4.78, 5) is 18.9. The van der Waals surface area contributed by atoms with Gasteiger partial charge in [0.1, 0.15) is 5.71 Å². The van der Waals surface area contributed by atoms with Gasteiger partial charge in [0.25, 0.3) is 0 Å². The summed E-state index contributed by atoms with van der Waals surface area (Å²) in [5, 5.41) is 10.6. The second-order valence-electron chi connectivity index (χ2n) is 3.32. The topological polar surface area (TPSA) is 62.0 Å². The fourth-order valence-electron chi connectivity index (χ4n) is 1.75. The third-order valence-electron chi connectivity index (χ3n) is 2.44. The number of fused-ring (bicyclic) bond motifs is 3. The van der Waals surface area contributed by atoms with Crippen LogP contribution in [0.4, 0.5) is 11.4 Å². The predicted molar refractivity (Wildman–Crippen MR) is 57.5 cm³/mol. The van der Waals surface area contributed by atoms with Crippen LogP contribution in [0.2, 0.25) is 0 Å². The normalized spacial score (nSPS) is 15.1. The van der Waals surface area contributed by atoms with Gasteiger partial charge in [-0.1, -0.05) is 0 Å². The number of nitrogens with zero attached hydrogens (tertiary/aromatic N) is 2. The van der Waals surface area contributed by atoms with Crippen molar-refractivity contribution in [2.75, 3.05) is 0 Å². The molecule has 1 aromatic rings. The van der Waals surface area contributed by atoms with E-state index in [9.17, 15) is 4.79 Å². The van der Waals surface area contributed by atoms with Crippen molar-refractivity contribution in [1.82, 2.24) is 0 Å². The van der Waals surface area contributed by atoms with Crippen LogP contribution in [0.5, 0.6) is 0 Å². The van der Waals surface area contributed by atoms with Crippen molar-refractivity contribution in [3.8, 4) is 0 Å². The summed E-state index contributed by atoms with van der Waals surface area (Å²) >= 11 is 0. The fraction of sp³-hybridized carbons (Fsp3) is 0. The highest BCUT2D eigenvalue weighted by molar-refractivity contribution is 6.49. The zero-order chi connectivity index (χ0) is 10.4. The van der Waals surface area contributed by atoms with Crippen LogP contribution < -0.4 is 10.4 Å². The lowest BCUT2D eigenvalue weighted by molar-refractivity contribution is -0.129. The van der Waals surface area contributed by atoms with Crippen LogP contribution in [0.3, 0.4) is 0 Å². The van der Waals surface area contributed by atoms with E-state index in [-0.39, 0.29) is 5.71 Å². The molecule has 15 heavy (non-hydrogen) atoms. The third kappa shape index (κ3) is 1.05.